The van der Waals surface area contributed by atoms with E-state index in [1.54, 1.807) is 4.57 Å². The number of aryl methyl sites for hydroxylation is 1. The largest absolute Gasteiger partial charge is 0.351 e. The third kappa shape index (κ3) is 3.68. The highest BCUT2D eigenvalue weighted by atomic mass is 79.9. The second-order valence-electron chi connectivity index (χ2n) is 3.37. The SMILES string of the molecule is CNCCCNC(=O)c1cc(Br)cn1C. The zero-order valence-electron chi connectivity index (χ0n) is 9.01. The summed E-state index contributed by atoms with van der Waals surface area (Å²) in [6, 6.07) is 1.81. The van der Waals surface area contributed by atoms with E-state index in [1.165, 1.54) is 0 Å². The van der Waals surface area contributed by atoms with Gasteiger partial charge in [0.25, 0.3) is 5.91 Å². The molecule has 1 heterocycles. The van der Waals surface area contributed by atoms with Crippen LogP contribution in [0.15, 0.2) is 16.7 Å². The van der Waals surface area contributed by atoms with Crippen molar-refractivity contribution in [3.8, 4) is 0 Å². The Morgan fingerprint density at radius 2 is 2.27 bits per heavy atom. The van der Waals surface area contributed by atoms with Crippen molar-refractivity contribution in [2.24, 2.45) is 7.05 Å². The van der Waals surface area contributed by atoms with Crippen LogP contribution in [-0.4, -0.2) is 30.6 Å². The Balaban J connectivity index is 2.43. The quantitative estimate of drug-likeness (QED) is 0.791. The molecule has 0 atom stereocenters. The Morgan fingerprint density at radius 3 is 2.80 bits per heavy atom. The van der Waals surface area contributed by atoms with Gasteiger partial charge in [0.1, 0.15) is 5.69 Å². The smallest absolute Gasteiger partial charge is 0.267 e. The van der Waals surface area contributed by atoms with Crippen LogP contribution >= 0.6 is 15.9 Å². The van der Waals surface area contributed by atoms with Crippen LogP contribution < -0.4 is 10.6 Å². The number of amides is 1. The third-order valence-electron chi connectivity index (χ3n) is 2.09. The predicted molar refractivity (Wildman–Crippen MR) is 64.0 cm³/mol. The van der Waals surface area contributed by atoms with Crippen molar-refractivity contribution in [1.82, 2.24) is 15.2 Å². The molecule has 15 heavy (non-hydrogen) atoms. The summed E-state index contributed by atoms with van der Waals surface area (Å²) in [4.78, 5) is 11.7. The number of halogens is 1. The predicted octanol–water partition coefficient (Wildman–Crippen LogP) is 1.13. The summed E-state index contributed by atoms with van der Waals surface area (Å²) in [6.07, 6.45) is 2.80. The van der Waals surface area contributed by atoms with Gasteiger partial charge in [0.15, 0.2) is 0 Å². The molecule has 0 saturated heterocycles. The van der Waals surface area contributed by atoms with E-state index >= 15 is 0 Å². The molecule has 1 aromatic heterocycles. The minimum atomic E-state index is -0.0284. The van der Waals surface area contributed by atoms with Gasteiger partial charge < -0.3 is 15.2 Å². The number of hydrogen-bond donors (Lipinski definition) is 2. The van der Waals surface area contributed by atoms with Gasteiger partial charge in [-0.15, -0.1) is 0 Å². The van der Waals surface area contributed by atoms with Crippen molar-refractivity contribution >= 4 is 21.8 Å². The Morgan fingerprint density at radius 1 is 1.53 bits per heavy atom. The molecular formula is C10H16BrN3O. The molecule has 2 N–H and O–H groups in total. The standard InChI is InChI=1S/C10H16BrN3O/c1-12-4-3-5-13-10(15)9-6-8(11)7-14(9)2/h6-7,12H,3-5H2,1-2H3,(H,13,15). The molecule has 0 bridgehead atoms. The number of rotatable bonds is 5. The first-order chi connectivity index (χ1) is 7.15. The van der Waals surface area contributed by atoms with Crippen LogP contribution in [0.25, 0.3) is 0 Å². The summed E-state index contributed by atoms with van der Waals surface area (Å²) < 4.78 is 2.72. The first-order valence-electron chi connectivity index (χ1n) is 4.90. The van der Waals surface area contributed by atoms with E-state index in [0.29, 0.717) is 12.2 Å². The Labute approximate surface area is 98.2 Å². The van der Waals surface area contributed by atoms with Crippen LogP contribution in [0.3, 0.4) is 0 Å². The monoisotopic (exact) mass is 273 g/mol. The lowest BCUT2D eigenvalue weighted by atomic mass is 10.3. The molecule has 1 rings (SSSR count). The number of carbonyl (C=O) groups excluding carboxylic acids is 1. The van der Waals surface area contributed by atoms with Crippen molar-refractivity contribution in [2.75, 3.05) is 20.1 Å². The molecule has 1 aromatic rings. The highest BCUT2D eigenvalue weighted by Gasteiger charge is 2.09. The second kappa shape index (κ2) is 5.92. The summed E-state index contributed by atoms with van der Waals surface area (Å²) in [5.41, 5.74) is 0.673. The molecule has 0 aliphatic carbocycles. The summed E-state index contributed by atoms with van der Waals surface area (Å²) in [5.74, 6) is -0.0284. The molecule has 84 valence electrons. The number of nitrogens with one attached hydrogen (secondary N) is 2. The maximum Gasteiger partial charge on any atom is 0.267 e. The van der Waals surface area contributed by atoms with E-state index in [4.69, 9.17) is 0 Å². The minimum absolute atomic E-state index is 0.0284. The fourth-order valence-corrected chi connectivity index (χ4v) is 1.83. The normalized spacial score (nSPS) is 10.3. The Bertz CT molecular complexity index is 335. The van der Waals surface area contributed by atoms with Gasteiger partial charge in [-0.3, -0.25) is 4.79 Å². The Hall–Kier alpha value is -0.810. The van der Waals surface area contributed by atoms with Gasteiger partial charge in [-0.1, -0.05) is 0 Å². The number of hydrogen-bond acceptors (Lipinski definition) is 2. The van der Waals surface area contributed by atoms with Gasteiger partial charge in [-0.25, -0.2) is 0 Å². The fourth-order valence-electron chi connectivity index (χ4n) is 1.31. The van der Waals surface area contributed by atoms with E-state index < -0.39 is 0 Å². The van der Waals surface area contributed by atoms with Gasteiger partial charge >= 0.3 is 0 Å². The topological polar surface area (TPSA) is 46.1 Å². The lowest BCUT2D eigenvalue weighted by Gasteiger charge is -2.05. The molecule has 0 saturated carbocycles. The molecule has 1 amide bonds. The van der Waals surface area contributed by atoms with Crippen LogP contribution in [-0.2, 0) is 7.05 Å². The second-order valence-corrected chi connectivity index (χ2v) is 4.28. The average molecular weight is 274 g/mol. The van der Waals surface area contributed by atoms with E-state index in [1.807, 2.05) is 26.4 Å². The van der Waals surface area contributed by atoms with Gasteiger partial charge in [-0.05, 0) is 42.0 Å². The van der Waals surface area contributed by atoms with Crippen molar-refractivity contribution < 1.29 is 4.79 Å². The zero-order valence-corrected chi connectivity index (χ0v) is 10.6. The molecular weight excluding hydrogens is 258 g/mol. The molecule has 0 spiro atoms. The van der Waals surface area contributed by atoms with Crippen molar-refractivity contribution in [1.29, 1.82) is 0 Å². The van der Waals surface area contributed by atoms with Gasteiger partial charge in [0, 0.05) is 24.3 Å². The maximum absolute atomic E-state index is 11.7. The van der Waals surface area contributed by atoms with E-state index in [9.17, 15) is 4.79 Å². The van der Waals surface area contributed by atoms with Crippen LogP contribution in [0.4, 0.5) is 0 Å². The number of nitrogens with zero attached hydrogens (tertiary/aromatic N) is 1. The molecule has 0 aliphatic heterocycles. The summed E-state index contributed by atoms with van der Waals surface area (Å²) in [6.45, 7) is 1.61. The van der Waals surface area contributed by atoms with E-state index in [0.717, 1.165) is 17.4 Å². The fraction of sp³-hybridized carbons (Fsp3) is 0.500. The third-order valence-corrected chi connectivity index (χ3v) is 2.53. The Kier molecular flexibility index (Phi) is 4.84. The van der Waals surface area contributed by atoms with Crippen LogP contribution in [0.5, 0.6) is 0 Å². The summed E-state index contributed by atoms with van der Waals surface area (Å²) in [5, 5.41) is 5.90. The lowest BCUT2D eigenvalue weighted by Crippen LogP contribution is -2.27. The maximum atomic E-state index is 11.7. The van der Waals surface area contributed by atoms with Gasteiger partial charge in [0.05, 0.1) is 0 Å². The van der Waals surface area contributed by atoms with Crippen LogP contribution in [0.2, 0.25) is 0 Å². The minimum Gasteiger partial charge on any atom is -0.351 e. The van der Waals surface area contributed by atoms with Crippen LogP contribution in [0.1, 0.15) is 16.9 Å². The van der Waals surface area contributed by atoms with E-state index in [-0.39, 0.29) is 5.91 Å². The summed E-state index contributed by atoms with van der Waals surface area (Å²) in [7, 11) is 3.75. The van der Waals surface area contributed by atoms with Crippen molar-refractivity contribution in [3.05, 3.63) is 22.4 Å². The summed E-state index contributed by atoms with van der Waals surface area (Å²) >= 11 is 3.33. The first kappa shape index (κ1) is 12.3. The number of aromatic nitrogens is 1. The van der Waals surface area contributed by atoms with E-state index in [2.05, 4.69) is 26.6 Å². The molecule has 0 fully saturated rings. The molecule has 0 aliphatic rings. The van der Waals surface area contributed by atoms with Crippen molar-refractivity contribution in [2.45, 2.75) is 6.42 Å². The van der Waals surface area contributed by atoms with Gasteiger partial charge in [-0.2, -0.15) is 0 Å². The highest BCUT2D eigenvalue weighted by Crippen LogP contribution is 2.13. The highest BCUT2D eigenvalue weighted by molar-refractivity contribution is 9.10. The van der Waals surface area contributed by atoms with Crippen molar-refractivity contribution in [3.63, 3.8) is 0 Å². The van der Waals surface area contributed by atoms with Crippen LogP contribution in [0, 0.1) is 0 Å². The number of carbonyl (C=O) groups is 1. The lowest BCUT2D eigenvalue weighted by molar-refractivity contribution is 0.0945. The zero-order chi connectivity index (χ0) is 11.3. The molecule has 0 aromatic carbocycles. The molecule has 0 radical (unpaired) electrons. The average Bonchev–Trinajstić information content (AvgIpc) is 2.52. The first-order valence-corrected chi connectivity index (χ1v) is 5.69. The molecule has 0 unspecified atom stereocenters. The molecule has 5 heteroatoms. The molecule has 4 nitrogen and oxygen atoms in total. The van der Waals surface area contributed by atoms with Gasteiger partial charge in [0.2, 0.25) is 0 Å².